The van der Waals surface area contributed by atoms with E-state index in [-0.39, 0.29) is 12.1 Å². The Morgan fingerprint density at radius 1 is 1.91 bits per heavy atom. The van der Waals surface area contributed by atoms with Gasteiger partial charge in [0, 0.05) is 19.7 Å². The number of aliphatic hydroxyl groups is 1. The Kier molecular flexibility index (Phi) is 2.11. The molecule has 0 spiro atoms. The summed E-state index contributed by atoms with van der Waals surface area (Å²) in [4.78, 5) is 10.8. The van der Waals surface area contributed by atoms with E-state index in [1.165, 1.54) is 10.7 Å². The second-order valence-corrected chi connectivity index (χ2v) is 2.36. The van der Waals surface area contributed by atoms with Gasteiger partial charge in [0.25, 0.3) is 5.56 Å². The summed E-state index contributed by atoms with van der Waals surface area (Å²) in [6.07, 6.45) is -0.774. The maximum Gasteiger partial charge on any atom is 0.266 e. The Morgan fingerprint density at radius 3 is 2.91 bits per heavy atom. The van der Waals surface area contributed by atoms with E-state index in [0.29, 0.717) is 5.69 Å². The van der Waals surface area contributed by atoms with Crippen LogP contribution in [0.2, 0.25) is 0 Å². The highest BCUT2D eigenvalue weighted by molar-refractivity contribution is 5.03. The van der Waals surface area contributed by atoms with Crippen molar-refractivity contribution in [1.29, 1.82) is 0 Å². The van der Waals surface area contributed by atoms with Crippen molar-refractivity contribution in [3.63, 3.8) is 0 Å². The number of nitrogens with zero attached hydrogens (tertiary/aromatic N) is 1. The number of rotatable bonds is 2. The number of nitrogens with one attached hydrogen (secondary N) is 1. The molecule has 0 aliphatic carbocycles. The normalized spacial score (nSPS) is 13.4. The van der Waals surface area contributed by atoms with Crippen molar-refractivity contribution in [3.05, 3.63) is 22.1 Å². The fourth-order valence-corrected chi connectivity index (χ4v) is 0.809. The van der Waals surface area contributed by atoms with Crippen LogP contribution in [0.25, 0.3) is 0 Å². The maximum atomic E-state index is 10.8. The van der Waals surface area contributed by atoms with Crippen LogP contribution in [0.3, 0.4) is 0 Å². The van der Waals surface area contributed by atoms with Crippen LogP contribution in [0.1, 0.15) is 11.8 Å². The average molecular weight is 157 g/mol. The largest absolute Gasteiger partial charge is 0.385 e. The molecule has 0 aliphatic rings. The molecule has 1 atom stereocenters. The molecule has 1 aromatic rings. The minimum Gasteiger partial charge on any atom is -0.385 e. The predicted molar refractivity (Wildman–Crippen MR) is 40.0 cm³/mol. The summed E-state index contributed by atoms with van der Waals surface area (Å²) in [5.74, 6) is 0. The van der Waals surface area contributed by atoms with Crippen molar-refractivity contribution < 1.29 is 5.11 Å². The van der Waals surface area contributed by atoms with Crippen LogP contribution in [0.5, 0.6) is 0 Å². The van der Waals surface area contributed by atoms with Gasteiger partial charge in [-0.3, -0.25) is 14.6 Å². The molecule has 0 aromatic carbocycles. The maximum absolute atomic E-state index is 10.8. The van der Waals surface area contributed by atoms with Crippen molar-refractivity contribution >= 4 is 0 Å². The van der Waals surface area contributed by atoms with E-state index in [1.807, 2.05) is 0 Å². The van der Waals surface area contributed by atoms with Gasteiger partial charge < -0.3 is 10.8 Å². The zero-order valence-corrected chi connectivity index (χ0v) is 6.24. The SMILES string of the molecule is Cn1[nH]c(C(O)CN)cc1=O. The van der Waals surface area contributed by atoms with Crippen molar-refractivity contribution in [2.24, 2.45) is 12.8 Å². The van der Waals surface area contributed by atoms with Crippen molar-refractivity contribution in [2.45, 2.75) is 6.10 Å². The Morgan fingerprint density at radius 2 is 2.55 bits per heavy atom. The van der Waals surface area contributed by atoms with Gasteiger partial charge in [-0.25, -0.2) is 0 Å². The first-order valence-corrected chi connectivity index (χ1v) is 3.29. The molecule has 1 unspecified atom stereocenters. The Balaban J connectivity index is 2.97. The third kappa shape index (κ3) is 1.50. The van der Waals surface area contributed by atoms with Crippen LogP contribution in [0.15, 0.2) is 10.9 Å². The zero-order chi connectivity index (χ0) is 8.43. The van der Waals surface area contributed by atoms with Gasteiger partial charge in [-0.15, -0.1) is 0 Å². The number of aromatic nitrogens is 2. The van der Waals surface area contributed by atoms with Crippen LogP contribution in [0.4, 0.5) is 0 Å². The summed E-state index contributed by atoms with van der Waals surface area (Å²) >= 11 is 0. The van der Waals surface area contributed by atoms with Gasteiger partial charge in [0.15, 0.2) is 0 Å². The van der Waals surface area contributed by atoms with Crippen LogP contribution < -0.4 is 11.3 Å². The zero-order valence-electron chi connectivity index (χ0n) is 6.24. The molecular formula is C6H11N3O2. The molecule has 0 radical (unpaired) electrons. The minimum atomic E-state index is -0.774. The van der Waals surface area contributed by atoms with Crippen molar-refractivity contribution in [3.8, 4) is 0 Å². The monoisotopic (exact) mass is 157 g/mol. The van der Waals surface area contributed by atoms with E-state index in [0.717, 1.165) is 0 Å². The molecule has 5 heteroatoms. The van der Waals surface area contributed by atoms with E-state index in [1.54, 1.807) is 7.05 Å². The second-order valence-electron chi connectivity index (χ2n) is 2.36. The molecule has 0 fully saturated rings. The van der Waals surface area contributed by atoms with E-state index in [4.69, 9.17) is 10.8 Å². The Bertz CT molecular complexity index is 288. The molecule has 0 amide bonds. The Hall–Kier alpha value is -1.07. The number of aliphatic hydroxyl groups excluding tert-OH is 1. The molecule has 1 rings (SSSR count). The highest BCUT2D eigenvalue weighted by Crippen LogP contribution is 2.03. The molecule has 62 valence electrons. The van der Waals surface area contributed by atoms with Crippen LogP contribution >= 0.6 is 0 Å². The standard InChI is InChI=1S/C6H11N3O2/c1-9-6(11)2-4(8-9)5(10)3-7/h2,5,8,10H,3,7H2,1H3. The van der Waals surface area contributed by atoms with Crippen LogP contribution in [-0.4, -0.2) is 21.4 Å². The topological polar surface area (TPSA) is 84.0 Å². The third-order valence-corrected chi connectivity index (χ3v) is 1.49. The first kappa shape index (κ1) is 8.03. The summed E-state index contributed by atoms with van der Waals surface area (Å²) in [6.45, 7) is 0.111. The lowest BCUT2D eigenvalue weighted by molar-refractivity contribution is 0.181. The molecule has 0 saturated heterocycles. The summed E-state index contributed by atoms with van der Waals surface area (Å²) in [7, 11) is 1.58. The second kappa shape index (κ2) is 2.89. The van der Waals surface area contributed by atoms with Gasteiger partial charge in [0.2, 0.25) is 0 Å². The average Bonchev–Trinajstić information content (AvgIpc) is 2.31. The molecular weight excluding hydrogens is 146 g/mol. The number of hydrogen-bond acceptors (Lipinski definition) is 3. The Labute approximate surface area is 63.4 Å². The summed E-state index contributed by atoms with van der Waals surface area (Å²) in [6, 6.07) is 1.33. The van der Waals surface area contributed by atoms with Crippen molar-refractivity contribution in [2.75, 3.05) is 6.54 Å². The minimum absolute atomic E-state index is 0.111. The lowest BCUT2D eigenvalue weighted by atomic mass is 10.3. The van der Waals surface area contributed by atoms with E-state index in [2.05, 4.69) is 5.10 Å². The van der Waals surface area contributed by atoms with E-state index in [9.17, 15) is 4.79 Å². The summed E-state index contributed by atoms with van der Waals surface area (Å²) in [5.41, 5.74) is 5.47. The van der Waals surface area contributed by atoms with Gasteiger partial charge in [0.1, 0.15) is 6.10 Å². The quantitative estimate of drug-likeness (QED) is 0.499. The van der Waals surface area contributed by atoms with Gasteiger partial charge >= 0.3 is 0 Å². The lowest BCUT2D eigenvalue weighted by Crippen LogP contribution is -2.12. The van der Waals surface area contributed by atoms with E-state index < -0.39 is 6.10 Å². The third-order valence-electron chi connectivity index (χ3n) is 1.49. The van der Waals surface area contributed by atoms with Crippen molar-refractivity contribution in [1.82, 2.24) is 9.78 Å². The number of aromatic amines is 1. The molecule has 5 nitrogen and oxygen atoms in total. The number of H-pyrrole nitrogens is 1. The number of hydrogen-bond donors (Lipinski definition) is 3. The highest BCUT2D eigenvalue weighted by atomic mass is 16.3. The van der Waals surface area contributed by atoms with Gasteiger partial charge in [-0.05, 0) is 0 Å². The predicted octanol–water partition coefficient (Wildman–Crippen LogP) is -1.29. The smallest absolute Gasteiger partial charge is 0.266 e. The highest BCUT2D eigenvalue weighted by Gasteiger charge is 2.07. The first-order chi connectivity index (χ1) is 5.15. The van der Waals surface area contributed by atoms with Gasteiger partial charge in [-0.2, -0.15) is 0 Å². The fourth-order valence-electron chi connectivity index (χ4n) is 0.809. The number of aryl methyl sites for hydroxylation is 1. The molecule has 1 heterocycles. The number of nitrogens with two attached hydrogens (primary N) is 1. The molecule has 0 saturated carbocycles. The summed E-state index contributed by atoms with van der Waals surface area (Å²) in [5, 5.41) is 11.8. The molecule has 4 N–H and O–H groups in total. The molecule has 11 heavy (non-hydrogen) atoms. The van der Waals surface area contributed by atoms with E-state index >= 15 is 0 Å². The van der Waals surface area contributed by atoms with Gasteiger partial charge in [0.05, 0.1) is 5.69 Å². The first-order valence-electron chi connectivity index (χ1n) is 3.29. The fraction of sp³-hybridized carbons (Fsp3) is 0.500. The summed E-state index contributed by atoms with van der Waals surface area (Å²) < 4.78 is 1.29. The molecule has 1 aromatic heterocycles. The van der Waals surface area contributed by atoms with Gasteiger partial charge in [-0.1, -0.05) is 0 Å². The molecule has 0 bridgehead atoms. The van der Waals surface area contributed by atoms with Crippen LogP contribution in [-0.2, 0) is 7.05 Å². The lowest BCUT2D eigenvalue weighted by Gasteiger charge is -2.02. The van der Waals surface area contributed by atoms with Crippen LogP contribution in [0, 0.1) is 0 Å². The molecule has 0 aliphatic heterocycles.